The van der Waals surface area contributed by atoms with Gasteiger partial charge in [-0.1, -0.05) is 52.9 Å². The van der Waals surface area contributed by atoms with Gasteiger partial charge in [-0.25, -0.2) is 14.6 Å². The first-order valence-electron chi connectivity index (χ1n) is 9.40. The van der Waals surface area contributed by atoms with Gasteiger partial charge in [0, 0.05) is 23.8 Å². The number of aryl methyl sites for hydroxylation is 2. The molecule has 150 valence electrons. The van der Waals surface area contributed by atoms with Gasteiger partial charge in [0.1, 0.15) is 0 Å². The Morgan fingerprint density at radius 1 is 1.00 bits per heavy atom. The molecule has 1 N–H and O–H groups in total. The van der Waals surface area contributed by atoms with Crippen LogP contribution in [0.2, 0.25) is 0 Å². The van der Waals surface area contributed by atoms with Gasteiger partial charge in [-0.2, -0.15) is 0 Å². The lowest BCUT2D eigenvalue weighted by Crippen LogP contribution is -2.16. The number of carbonyl (C=O) groups is 1. The normalized spacial score (nSPS) is 10.7. The van der Waals surface area contributed by atoms with Crippen LogP contribution in [0.25, 0.3) is 5.69 Å². The fourth-order valence-electron chi connectivity index (χ4n) is 2.89. The van der Waals surface area contributed by atoms with Crippen LogP contribution in [-0.4, -0.2) is 30.9 Å². The smallest absolute Gasteiger partial charge is 0.278 e. The first-order valence-corrected chi connectivity index (χ1v) is 10.4. The highest BCUT2D eigenvalue weighted by Crippen LogP contribution is 2.24. The molecule has 0 atom stereocenters. The summed E-state index contributed by atoms with van der Waals surface area (Å²) in [7, 11) is 0. The van der Waals surface area contributed by atoms with Gasteiger partial charge in [-0.05, 0) is 43.7 Å². The Bertz CT molecular complexity index is 1160. The fraction of sp³-hybridized carbons (Fsp3) is 0.136. The minimum atomic E-state index is -0.299. The molecule has 0 aliphatic carbocycles. The lowest BCUT2D eigenvalue weighted by molar-refractivity contribution is 0.102. The van der Waals surface area contributed by atoms with Crippen LogP contribution in [0.4, 0.5) is 5.69 Å². The van der Waals surface area contributed by atoms with E-state index in [1.807, 2.05) is 62.4 Å². The molecule has 4 rings (SSSR count). The van der Waals surface area contributed by atoms with Gasteiger partial charge >= 0.3 is 0 Å². The molecule has 4 aromatic rings. The van der Waals surface area contributed by atoms with Gasteiger partial charge in [0.05, 0.1) is 11.4 Å². The van der Waals surface area contributed by atoms with E-state index in [1.165, 1.54) is 11.8 Å². The molecule has 0 bridgehead atoms. The molecule has 0 unspecified atom stereocenters. The summed E-state index contributed by atoms with van der Waals surface area (Å²) < 4.78 is 1.70. The largest absolute Gasteiger partial charge is 0.320 e. The van der Waals surface area contributed by atoms with Gasteiger partial charge < -0.3 is 5.32 Å². The number of nitrogens with zero attached hydrogens (tertiary/aromatic N) is 5. The predicted molar refractivity (Wildman–Crippen MR) is 117 cm³/mol. The molecule has 8 heteroatoms. The number of nitrogens with one attached hydrogen (secondary N) is 1. The van der Waals surface area contributed by atoms with Crippen LogP contribution >= 0.6 is 11.8 Å². The average Bonchev–Trinajstić information content (AvgIpc) is 3.19. The third kappa shape index (κ3) is 4.38. The molecule has 0 aliphatic rings. The minimum absolute atomic E-state index is 0.280. The van der Waals surface area contributed by atoms with Crippen LogP contribution in [0.3, 0.4) is 0 Å². The van der Waals surface area contributed by atoms with Crippen molar-refractivity contribution in [3.63, 3.8) is 0 Å². The van der Waals surface area contributed by atoms with Crippen LogP contribution in [0.1, 0.15) is 27.3 Å². The number of benzene rings is 2. The lowest BCUT2D eigenvalue weighted by atomic mass is 10.2. The molecule has 0 saturated heterocycles. The van der Waals surface area contributed by atoms with E-state index in [4.69, 9.17) is 0 Å². The molecule has 2 heterocycles. The van der Waals surface area contributed by atoms with Crippen molar-refractivity contribution in [3.05, 3.63) is 89.5 Å². The van der Waals surface area contributed by atoms with E-state index >= 15 is 0 Å². The van der Waals surface area contributed by atoms with Gasteiger partial charge in [0.2, 0.25) is 0 Å². The van der Waals surface area contributed by atoms with Crippen LogP contribution in [0.15, 0.2) is 72.1 Å². The van der Waals surface area contributed by atoms with Crippen molar-refractivity contribution < 1.29 is 4.79 Å². The molecular formula is C22H20N6OS. The Balaban J connectivity index is 1.67. The zero-order valence-corrected chi connectivity index (χ0v) is 17.4. The number of hydrogen-bond acceptors (Lipinski definition) is 6. The summed E-state index contributed by atoms with van der Waals surface area (Å²) in [5, 5.41) is 12.0. The standard InChI is InChI=1S/C22H20N6OS/c1-15-8-10-17(11-9-15)28-19(14-30-22-23-12-5-13-24-22)20(26-27-28)21(29)25-18-7-4-3-6-16(18)2/h3-13H,14H2,1-2H3,(H,25,29). The minimum Gasteiger partial charge on any atom is -0.320 e. The molecule has 2 aromatic carbocycles. The first-order chi connectivity index (χ1) is 14.6. The molecule has 2 aromatic heterocycles. The second-order valence-electron chi connectivity index (χ2n) is 6.72. The van der Waals surface area contributed by atoms with Crippen molar-refractivity contribution in [2.75, 3.05) is 5.32 Å². The Kier molecular flexibility index (Phi) is 5.85. The summed E-state index contributed by atoms with van der Waals surface area (Å²) in [6, 6.07) is 17.3. The van der Waals surface area contributed by atoms with Crippen LogP contribution < -0.4 is 5.32 Å². The summed E-state index contributed by atoms with van der Waals surface area (Å²) in [5.41, 5.74) is 4.67. The molecule has 7 nitrogen and oxygen atoms in total. The van der Waals surface area contributed by atoms with E-state index in [0.29, 0.717) is 16.6 Å². The summed E-state index contributed by atoms with van der Waals surface area (Å²) in [5.74, 6) is 0.147. The number of rotatable bonds is 6. The molecule has 0 radical (unpaired) electrons. The number of para-hydroxylation sites is 1. The maximum atomic E-state index is 13.0. The number of aromatic nitrogens is 5. The van der Waals surface area contributed by atoms with Crippen LogP contribution in [-0.2, 0) is 5.75 Å². The van der Waals surface area contributed by atoms with Gasteiger partial charge in [0.25, 0.3) is 5.91 Å². The van der Waals surface area contributed by atoms with Crippen molar-refractivity contribution in [1.29, 1.82) is 0 Å². The lowest BCUT2D eigenvalue weighted by Gasteiger charge is -2.10. The molecule has 0 aliphatic heterocycles. The zero-order chi connectivity index (χ0) is 20.9. The summed E-state index contributed by atoms with van der Waals surface area (Å²) in [4.78, 5) is 21.5. The Hall–Kier alpha value is -3.52. The zero-order valence-electron chi connectivity index (χ0n) is 16.6. The number of carbonyl (C=O) groups excluding carboxylic acids is 1. The third-order valence-corrected chi connectivity index (χ3v) is 5.42. The second-order valence-corrected chi connectivity index (χ2v) is 7.66. The average molecular weight is 417 g/mol. The molecule has 0 spiro atoms. The highest BCUT2D eigenvalue weighted by Gasteiger charge is 2.22. The quantitative estimate of drug-likeness (QED) is 0.374. The monoisotopic (exact) mass is 416 g/mol. The molecule has 0 saturated carbocycles. The topological polar surface area (TPSA) is 85.6 Å². The van der Waals surface area contributed by atoms with E-state index < -0.39 is 0 Å². The van der Waals surface area contributed by atoms with E-state index in [9.17, 15) is 4.79 Å². The van der Waals surface area contributed by atoms with Crippen LogP contribution in [0.5, 0.6) is 0 Å². The van der Waals surface area contributed by atoms with Crippen molar-refractivity contribution in [2.45, 2.75) is 24.8 Å². The highest BCUT2D eigenvalue weighted by molar-refractivity contribution is 7.98. The van der Waals surface area contributed by atoms with Crippen LogP contribution in [0, 0.1) is 13.8 Å². The van der Waals surface area contributed by atoms with E-state index in [0.717, 1.165) is 22.5 Å². The number of hydrogen-bond donors (Lipinski definition) is 1. The number of amides is 1. The van der Waals surface area contributed by atoms with Crippen molar-refractivity contribution in [3.8, 4) is 5.69 Å². The SMILES string of the molecule is Cc1ccc(-n2nnc(C(=O)Nc3ccccc3C)c2CSc2ncccn2)cc1. The van der Waals surface area contributed by atoms with E-state index in [1.54, 1.807) is 23.1 Å². The summed E-state index contributed by atoms with van der Waals surface area (Å²) in [6.07, 6.45) is 3.38. The Morgan fingerprint density at radius 3 is 2.47 bits per heavy atom. The fourth-order valence-corrected chi connectivity index (χ4v) is 3.68. The molecule has 0 fully saturated rings. The van der Waals surface area contributed by atoms with Gasteiger partial charge in [-0.3, -0.25) is 4.79 Å². The molecular weight excluding hydrogens is 396 g/mol. The van der Waals surface area contributed by atoms with Gasteiger partial charge in [0.15, 0.2) is 10.9 Å². The van der Waals surface area contributed by atoms with Crippen molar-refractivity contribution in [1.82, 2.24) is 25.0 Å². The van der Waals surface area contributed by atoms with E-state index in [-0.39, 0.29) is 11.6 Å². The van der Waals surface area contributed by atoms with Gasteiger partial charge in [-0.15, -0.1) is 5.10 Å². The number of anilines is 1. The highest BCUT2D eigenvalue weighted by atomic mass is 32.2. The predicted octanol–water partition coefficient (Wildman–Crippen LogP) is 4.22. The Morgan fingerprint density at radius 2 is 1.73 bits per heavy atom. The number of thioether (sulfide) groups is 1. The third-order valence-electron chi connectivity index (χ3n) is 4.53. The summed E-state index contributed by atoms with van der Waals surface area (Å²) >= 11 is 1.43. The summed E-state index contributed by atoms with van der Waals surface area (Å²) in [6.45, 7) is 3.97. The second kappa shape index (κ2) is 8.87. The molecule has 1 amide bonds. The van der Waals surface area contributed by atoms with Crippen molar-refractivity contribution in [2.24, 2.45) is 0 Å². The Labute approximate surface area is 178 Å². The maximum absolute atomic E-state index is 13.0. The first kappa shape index (κ1) is 19.8. The molecule has 30 heavy (non-hydrogen) atoms. The van der Waals surface area contributed by atoms with Crippen molar-refractivity contribution >= 4 is 23.4 Å². The van der Waals surface area contributed by atoms with E-state index in [2.05, 4.69) is 25.6 Å². The maximum Gasteiger partial charge on any atom is 0.278 e.